The van der Waals surface area contributed by atoms with Gasteiger partial charge in [0.15, 0.2) is 0 Å². The van der Waals surface area contributed by atoms with Gasteiger partial charge in [0.05, 0.1) is 13.2 Å². The van der Waals surface area contributed by atoms with Crippen molar-refractivity contribution in [2.75, 3.05) is 26.4 Å². The van der Waals surface area contributed by atoms with Gasteiger partial charge in [0, 0.05) is 5.41 Å². The first-order valence-electron chi connectivity index (χ1n) is 10.6. The van der Waals surface area contributed by atoms with Crippen molar-refractivity contribution in [2.24, 2.45) is 11.3 Å². The molecule has 2 aromatic carbocycles. The van der Waals surface area contributed by atoms with E-state index in [1.165, 1.54) is 17.5 Å². The van der Waals surface area contributed by atoms with Gasteiger partial charge in [-0.05, 0) is 66.0 Å². The van der Waals surface area contributed by atoms with E-state index in [9.17, 15) is 0 Å². The third kappa shape index (κ3) is 4.76. The van der Waals surface area contributed by atoms with Gasteiger partial charge in [-0.1, -0.05) is 45.0 Å². The van der Waals surface area contributed by atoms with E-state index in [4.69, 9.17) is 19.7 Å². The van der Waals surface area contributed by atoms with Crippen molar-refractivity contribution in [1.82, 2.24) is 0 Å². The zero-order valence-electron chi connectivity index (χ0n) is 17.9. The fourth-order valence-electron chi connectivity index (χ4n) is 4.44. The average molecular weight is 399 g/mol. The second kappa shape index (κ2) is 9.19. The Morgan fingerprint density at radius 3 is 1.62 bits per heavy atom. The second-order valence-corrected chi connectivity index (χ2v) is 8.87. The predicted octanol–water partition coefficient (Wildman–Crippen LogP) is 4.56. The van der Waals surface area contributed by atoms with Crippen molar-refractivity contribution in [1.29, 1.82) is 0 Å². The van der Waals surface area contributed by atoms with Crippen molar-refractivity contribution < 1.29 is 19.7 Å². The normalized spacial score (nSPS) is 20.2. The highest BCUT2D eigenvalue weighted by Crippen LogP contribution is 2.53. The lowest BCUT2D eigenvalue weighted by molar-refractivity contribution is 0.107. The first-order chi connectivity index (χ1) is 13.9. The van der Waals surface area contributed by atoms with Crippen LogP contribution < -0.4 is 9.47 Å². The van der Waals surface area contributed by atoms with Crippen LogP contribution >= 0.6 is 0 Å². The van der Waals surface area contributed by atoms with Gasteiger partial charge < -0.3 is 19.7 Å². The Kier molecular flexibility index (Phi) is 6.86. The standard InChI is InChI=1S/C25H34O4/c1-19-18-25(13-12-24(19,2)3,20-4-8-22(9-5-20)28-16-14-26)21-6-10-23(11-7-21)29-17-15-27/h4-11,19,26-27H,12-18H2,1-3H3. The lowest BCUT2D eigenvalue weighted by Crippen LogP contribution is -2.40. The van der Waals surface area contributed by atoms with Crippen LogP contribution in [0.15, 0.2) is 48.5 Å². The molecule has 0 aliphatic heterocycles. The Hall–Kier alpha value is -2.04. The van der Waals surface area contributed by atoms with Crippen LogP contribution in [0.25, 0.3) is 0 Å². The average Bonchev–Trinajstić information content (AvgIpc) is 2.74. The smallest absolute Gasteiger partial charge is 0.119 e. The molecule has 0 amide bonds. The highest BCUT2D eigenvalue weighted by molar-refractivity contribution is 5.44. The van der Waals surface area contributed by atoms with Crippen LogP contribution in [0.1, 0.15) is 51.2 Å². The molecule has 158 valence electrons. The molecule has 0 bridgehead atoms. The van der Waals surface area contributed by atoms with E-state index >= 15 is 0 Å². The molecular formula is C25H34O4. The minimum absolute atomic E-state index is 0.0169. The number of benzene rings is 2. The summed E-state index contributed by atoms with van der Waals surface area (Å²) in [5.74, 6) is 2.16. The predicted molar refractivity (Wildman–Crippen MR) is 116 cm³/mol. The Bertz CT molecular complexity index is 713. The molecule has 2 aromatic rings. The van der Waals surface area contributed by atoms with Crippen molar-refractivity contribution in [2.45, 2.75) is 45.4 Å². The Morgan fingerprint density at radius 2 is 1.24 bits per heavy atom. The molecule has 4 heteroatoms. The zero-order chi connectivity index (χ0) is 20.9. The first kappa shape index (κ1) is 21.7. The summed E-state index contributed by atoms with van der Waals surface area (Å²) in [4.78, 5) is 0. The SMILES string of the molecule is CC1CC(c2ccc(OCCO)cc2)(c2ccc(OCCO)cc2)CCC1(C)C. The van der Waals surface area contributed by atoms with Crippen LogP contribution in [0, 0.1) is 11.3 Å². The van der Waals surface area contributed by atoms with E-state index in [0.29, 0.717) is 24.5 Å². The second-order valence-electron chi connectivity index (χ2n) is 8.87. The van der Waals surface area contributed by atoms with Gasteiger partial charge >= 0.3 is 0 Å². The van der Waals surface area contributed by atoms with Gasteiger partial charge in [-0.3, -0.25) is 0 Å². The Morgan fingerprint density at radius 1 is 0.793 bits per heavy atom. The van der Waals surface area contributed by atoms with Crippen molar-refractivity contribution in [3.63, 3.8) is 0 Å². The number of rotatable bonds is 8. The summed E-state index contributed by atoms with van der Waals surface area (Å²) in [6.45, 7) is 7.77. The molecule has 2 N–H and O–H groups in total. The van der Waals surface area contributed by atoms with E-state index in [2.05, 4.69) is 45.0 Å². The summed E-state index contributed by atoms with van der Waals surface area (Å²) < 4.78 is 11.1. The maximum Gasteiger partial charge on any atom is 0.119 e. The van der Waals surface area contributed by atoms with Gasteiger partial charge in [-0.2, -0.15) is 0 Å². The molecule has 1 atom stereocenters. The molecule has 1 aliphatic carbocycles. The molecule has 1 fully saturated rings. The monoisotopic (exact) mass is 398 g/mol. The molecule has 29 heavy (non-hydrogen) atoms. The number of hydrogen-bond acceptors (Lipinski definition) is 4. The molecule has 0 spiro atoms. The molecule has 0 radical (unpaired) electrons. The zero-order valence-corrected chi connectivity index (χ0v) is 17.9. The van der Waals surface area contributed by atoms with Crippen LogP contribution in [0.3, 0.4) is 0 Å². The van der Waals surface area contributed by atoms with Crippen molar-refractivity contribution >= 4 is 0 Å². The van der Waals surface area contributed by atoms with E-state index in [1.54, 1.807) is 0 Å². The highest BCUT2D eigenvalue weighted by Gasteiger charge is 2.44. The van der Waals surface area contributed by atoms with E-state index in [0.717, 1.165) is 24.3 Å². The molecule has 3 rings (SSSR count). The van der Waals surface area contributed by atoms with E-state index < -0.39 is 0 Å². The third-order valence-corrected chi connectivity index (χ3v) is 6.72. The fourth-order valence-corrected chi connectivity index (χ4v) is 4.44. The summed E-state index contributed by atoms with van der Waals surface area (Å²) in [5, 5.41) is 18.0. The van der Waals surface area contributed by atoms with Gasteiger partial charge in [0.2, 0.25) is 0 Å². The van der Waals surface area contributed by atoms with Gasteiger partial charge in [0.25, 0.3) is 0 Å². The van der Waals surface area contributed by atoms with Crippen molar-refractivity contribution in [3.05, 3.63) is 59.7 Å². The summed E-state index contributed by atoms with van der Waals surface area (Å²) in [6, 6.07) is 16.7. The highest BCUT2D eigenvalue weighted by atomic mass is 16.5. The maximum atomic E-state index is 8.98. The lowest BCUT2D eigenvalue weighted by atomic mass is 9.56. The third-order valence-electron chi connectivity index (χ3n) is 6.72. The summed E-state index contributed by atoms with van der Waals surface area (Å²) in [5.41, 5.74) is 2.90. The molecule has 0 aromatic heterocycles. The van der Waals surface area contributed by atoms with Crippen LogP contribution in [-0.2, 0) is 5.41 Å². The lowest BCUT2D eigenvalue weighted by Gasteiger charge is -2.48. The van der Waals surface area contributed by atoms with Crippen LogP contribution in [0.2, 0.25) is 0 Å². The van der Waals surface area contributed by atoms with Gasteiger partial charge in [-0.15, -0.1) is 0 Å². The molecule has 4 nitrogen and oxygen atoms in total. The Balaban J connectivity index is 1.94. The van der Waals surface area contributed by atoms with Crippen LogP contribution in [0.5, 0.6) is 11.5 Å². The maximum absolute atomic E-state index is 8.98. The molecule has 1 unspecified atom stereocenters. The summed E-state index contributed by atoms with van der Waals surface area (Å²) in [7, 11) is 0. The molecule has 0 heterocycles. The van der Waals surface area contributed by atoms with Crippen LogP contribution in [0.4, 0.5) is 0 Å². The largest absolute Gasteiger partial charge is 0.491 e. The summed E-state index contributed by atoms with van der Waals surface area (Å²) in [6.07, 6.45) is 3.35. The minimum atomic E-state index is -0.0417. The topological polar surface area (TPSA) is 58.9 Å². The summed E-state index contributed by atoms with van der Waals surface area (Å²) >= 11 is 0. The first-order valence-corrected chi connectivity index (χ1v) is 10.6. The van der Waals surface area contributed by atoms with Gasteiger partial charge in [0.1, 0.15) is 24.7 Å². The van der Waals surface area contributed by atoms with Gasteiger partial charge in [-0.25, -0.2) is 0 Å². The van der Waals surface area contributed by atoms with Crippen LogP contribution in [-0.4, -0.2) is 36.6 Å². The molecular weight excluding hydrogens is 364 g/mol. The number of aliphatic hydroxyl groups excluding tert-OH is 2. The Labute approximate surface area is 174 Å². The van der Waals surface area contributed by atoms with E-state index in [-0.39, 0.29) is 18.6 Å². The molecule has 0 saturated heterocycles. The van der Waals surface area contributed by atoms with E-state index in [1.807, 2.05) is 24.3 Å². The fraction of sp³-hybridized carbons (Fsp3) is 0.520. The molecule has 1 aliphatic rings. The number of aliphatic hydroxyl groups is 2. The van der Waals surface area contributed by atoms with Crippen molar-refractivity contribution in [3.8, 4) is 11.5 Å². The minimum Gasteiger partial charge on any atom is -0.491 e. The quantitative estimate of drug-likeness (QED) is 0.684. The number of hydrogen-bond donors (Lipinski definition) is 2. The number of ether oxygens (including phenoxy) is 2. The molecule has 1 saturated carbocycles.